The Labute approximate surface area is 104 Å². The van der Waals surface area contributed by atoms with E-state index in [9.17, 15) is 8.42 Å². The largest absolute Gasteiger partial charge is 0.219 e. The van der Waals surface area contributed by atoms with Gasteiger partial charge in [-0.25, -0.2) is 8.42 Å². The molecule has 0 N–H and O–H groups in total. The standard InChI is InChI=1S/C12H12O2S.C2H6/c1-3-8-11(4-2)15(13,14)12-9-6-5-7-10-12;1-2/h3-10H,1-2H2;1-2H3/b11-8+;. The predicted octanol–water partition coefficient (Wildman–Crippen LogP) is 3.74. The van der Waals surface area contributed by atoms with Crippen LogP contribution in [0, 0.1) is 0 Å². The number of benzene rings is 1. The summed E-state index contributed by atoms with van der Waals surface area (Å²) >= 11 is 0. The number of allylic oxidation sites excluding steroid dienone is 3. The number of rotatable bonds is 4. The molecule has 2 nitrogen and oxygen atoms in total. The maximum atomic E-state index is 12.0. The molecule has 0 spiro atoms. The molecule has 17 heavy (non-hydrogen) atoms. The molecule has 3 heteroatoms. The van der Waals surface area contributed by atoms with Crippen LogP contribution in [0.2, 0.25) is 0 Å². The molecule has 0 aliphatic heterocycles. The summed E-state index contributed by atoms with van der Waals surface area (Å²) in [5, 5.41) is 0. The lowest BCUT2D eigenvalue weighted by Gasteiger charge is -2.03. The van der Waals surface area contributed by atoms with Crippen molar-refractivity contribution in [2.24, 2.45) is 0 Å². The Morgan fingerprint density at radius 2 is 1.65 bits per heavy atom. The van der Waals surface area contributed by atoms with E-state index in [2.05, 4.69) is 13.2 Å². The van der Waals surface area contributed by atoms with Crippen LogP contribution in [-0.4, -0.2) is 8.42 Å². The minimum Gasteiger partial charge on any atom is -0.219 e. The predicted molar refractivity (Wildman–Crippen MR) is 73.5 cm³/mol. The van der Waals surface area contributed by atoms with Gasteiger partial charge in [0.15, 0.2) is 0 Å². The Morgan fingerprint density at radius 3 is 2.06 bits per heavy atom. The summed E-state index contributed by atoms with van der Waals surface area (Å²) in [5.41, 5.74) is 0. The van der Waals surface area contributed by atoms with Crippen LogP contribution in [-0.2, 0) is 9.84 Å². The van der Waals surface area contributed by atoms with Crippen molar-refractivity contribution in [2.45, 2.75) is 18.7 Å². The smallest absolute Gasteiger partial charge is 0.206 e. The third-order valence-corrected chi connectivity index (χ3v) is 3.66. The van der Waals surface area contributed by atoms with Gasteiger partial charge in [-0.1, -0.05) is 57.4 Å². The molecule has 0 amide bonds. The summed E-state index contributed by atoms with van der Waals surface area (Å²) in [6.07, 6.45) is 4.16. The first-order chi connectivity index (χ1) is 8.12. The maximum absolute atomic E-state index is 12.0. The van der Waals surface area contributed by atoms with Crippen LogP contribution in [0.25, 0.3) is 0 Å². The molecule has 0 radical (unpaired) electrons. The molecule has 0 unspecified atom stereocenters. The average molecular weight is 250 g/mol. The van der Waals surface area contributed by atoms with Gasteiger partial charge >= 0.3 is 0 Å². The van der Waals surface area contributed by atoms with Crippen molar-refractivity contribution in [3.05, 3.63) is 66.6 Å². The van der Waals surface area contributed by atoms with Crippen LogP contribution < -0.4 is 0 Å². The summed E-state index contributed by atoms with van der Waals surface area (Å²) < 4.78 is 23.9. The molecular formula is C14H18O2S. The average Bonchev–Trinajstić information content (AvgIpc) is 2.39. The summed E-state index contributed by atoms with van der Waals surface area (Å²) in [5.74, 6) is 0. The summed E-state index contributed by atoms with van der Waals surface area (Å²) in [6, 6.07) is 8.23. The molecule has 92 valence electrons. The Balaban J connectivity index is 0.00000121. The maximum Gasteiger partial charge on any atom is 0.206 e. The molecule has 0 aliphatic rings. The topological polar surface area (TPSA) is 34.1 Å². The molecule has 0 bridgehead atoms. The van der Waals surface area contributed by atoms with Gasteiger partial charge in [0.2, 0.25) is 9.84 Å². The minimum absolute atomic E-state index is 0.156. The fourth-order valence-electron chi connectivity index (χ4n) is 1.12. The van der Waals surface area contributed by atoms with Gasteiger partial charge in [-0.05, 0) is 18.2 Å². The van der Waals surface area contributed by atoms with E-state index in [1.165, 1.54) is 18.2 Å². The molecule has 1 aromatic carbocycles. The zero-order chi connectivity index (χ0) is 13.3. The fraction of sp³-hybridized carbons (Fsp3) is 0.143. The van der Waals surface area contributed by atoms with Gasteiger partial charge in [-0.3, -0.25) is 0 Å². The highest BCUT2D eigenvalue weighted by atomic mass is 32.2. The second kappa shape index (κ2) is 7.63. The Hall–Kier alpha value is -1.61. The van der Waals surface area contributed by atoms with Crippen molar-refractivity contribution < 1.29 is 8.42 Å². The highest BCUT2D eigenvalue weighted by molar-refractivity contribution is 7.95. The molecule has 0 atom stereocenters. The molecule has 0 fully saturated rings. The van der Waals surface area contributed by atoms with Gasteiger partial charge in [0.25, 0.3) is 0 Å². The first-order valence-corrected chi connectivity index (χ1v) is 6.86. The second-order valence-corrected chi connectivity index (χ2v) is 4.78. The van der Waals surface area contributed by atoms with Crippen molar-refractivity contribution in [3.63, 3.8) is 0 Å². The lowest BCUT2D eigenvalue weighted by Crippen LogP contribution is -2.02. The van der Waals surface area contributed by atoms with E-state index < -0.39 is 9.84 Å². The van der Waals surface area contributed by atoms with Crippen LogP contribution in [0.4, 0.5) is 0 Å². The van der Waals surface area contributed by atoms with Gasteiger partial charge in [0, 0.05) is 0 Å². The minimum atomic E-state index is -3.44. The third kappa shape index (κ3) is 4.04. The monoisotopic (exact) mass is 250 g/mol. The van der Waals surface area contributed by atoms with Crippen LogP contribution in [0.3, 0.4) is 0 Å². The van der Waals surface area contributed by atoms with Crippen LogP contribution in [0.15, 0.2) is 71.5 Å². The molecular weight excluding hydrogens is 232 g/mol. The van der Waals surface area contributed by atoms with Crippen LogP contribution in [0.1, 0.15) is 13.8 Å². The van der Waals surface area contributed by atoms with E-state index in [-0.39, 0.29) is 9.80 Å². The van der Waals surface area contributed by atoms with Crippen molar-refractivity contribution in [1.29, 1.82) is 0 Å². The number of hydrogen-bond acceptors (Lipinski definition) is 2. The van der Waals surface area contributed by atoms with E-state index in [1.807, 2.05) is 13.8 Å². The lowest BCUT2D eigenvalue weighted by molar-refractivity contribution is 0.603. The highest BCUT2D eigenvalue weighted by Crippen LogP contribution is 2.19. The summed E-state index contributed by atoms with van der Waals surface area (Å²) in [4.78, 5) is 0.418. The summed E-state index contributed by atoms with van der Waals surface area (Å²) in [6.45, 7) is 10.9. The third-order valence-electron chi connectivity index (χ3n) is 1.85. The number of hydrogen-bond donors (Lipinski definition) is 0. The number of sulfone groups is 1. The normalized spacial score (nSPS) is 11.1. The highest BCUT2D eigenvalue weighted by Gasteiger charge is 2.16. The van der Waals surface area contributed by atoms with Gasteiger partial charge in [-0.15, -0.1) is 0 Å². The zero-order valence-electron chi connectivity index (χ0n) is 10.3. The van der Waals surface area contributed by atoms with Gasteiger partial charge in [-0.2, -0.15) is 0 Å². The van der Waals surface area contributed by atoms with Crippen LogP contribution in [0.5, 0.6) is 0 Å². The van der Waals surface area contributed by atoms with Crippen molar-refractivity contribution in [3.8, 4) is 0 Å². The van der Waals surface area contributed by atoms with E-state index in [0.29, 0.717) is 0 Å². The Morgan fingerprint density at radius 1 is 1.12 bits per heavy atom. The second-order valence-electron chi connectivity index (χ2n) is 2.83. The van der Waals surface area contributed by atoms with E-state index in [1.54, 1.807) is 30.3 Å². The van der Waals surface area contributed by atoms with Gasteiger partial charge in [0.05, 0.1) is 9.80 Å². The molecule has 0 saturated carbocycles. The van der Waals surface area contributed by atoms with Gasteiger partial charge < -0.3 is 0 Å². The zero-order valence-corrected chi connectivity index (χ0v) is 11.1. The van der Waals surface area contributed by atoms with Gasteiger partial charge in [0.1, 0.15) is 0 Å². The first kappa shape index (κ1) is 15.4. The van der Waals surface area contributed by atoms with Crippen LogP contribution >= 0.6 is 0 Å². The van der Waals surface area contributed by atoms with E-state index >= 15 is 0 Å². The fourth-order valence-corrected chi connectivity index (χ4v) is 2.40. The molecule has 0 heterocycles. The van der Waals surface area contributed by atoms with E-state index in [0.717, 1.165) is 0 Å². The van der Waals surface area contributed by atoms with Crippen molar-refractivity contribution in [2.75, 3.05) is 0 Å². The lowest BCUT2D eigenvalue weighted by atomic mass is 10.4. The first-order valence-electron chi connectivity index (χ1n) is 5.38. The van der Waals surface area contributed by atoms with E-state index in [4.69, 9.17) is 0 Å². The van der Waals surface area contributed by atoms with Crippen molar-refractivity contribution in [1.82, 2.24) is 0 Å². The molecule has 1 rings (SSSR count). The summed E-state index contributed by atoms with van der Waals surface area (Å²) in [7, 11) is -3.44. The van der Waals surface area contributed by atoms with Crippen molar-refractivity contribution >= 4 is 9.84 Å². The quantitative estimate of drug-likeness (QED) is 0.763. The molecule has 0 aromatic heterocycles. The molecule has 0 aliphatic carbocycles. The SMILES string of the molecule is C=C/C=C(\C=C)S(=O)(=O)c1ccccc1.CC. The molecule has 0 saturated heterocycles. The molecule has 1 aromatic rings. The Kier molecular flexibility index (Phi) is 6.91. The Bertz CT molecular complexity index is 482.